The van der Waals surface area contributed by atoms with Crippen molar-refractivity contribution in [2.45, 2.75) is 83.7 Å². The first-order valence-electron chi connectivity index (χ1n) is 9.45. The molecule has 1 saturated carbocycles. The number of allylic oxidation sites excluding steroid dienone is 4. The topological polar surface area (TPSA) is 46.5 Å². The van der Waals surface area contributed by atoms with Gasteiger partial charge in [-0.15, -0.1) is 0 Å². The number of hydrogen-bond acceptors (Lipinski definition) is 2. The van der Waals surface area contributed by atoms with Crippen molar-refractivity contribution < 1.29 is 14.6 Å². The van der Waals surface area contributed by atoms with Crippen LogP contribution in [0.3, 0.4) is 0 Å². The summed E-state index contributed by atoms with van der Waals surface area (Å²) in [6.45, 7) is 2.25. The highest BCUT2D eigenvalue weighted by Crippen LogP contribution is 2.45. The molecule has 3 heteroatoms. The fraction of sp³-hybridized carbons (Fsp3) is 0.750. The van der Waals surface area contributed by atoms with E-state index in [0.717, 1.165) is 18.6 Å². The monoisotopic (exact) mass is 320 g/mol. The zero-order valence-corrected chi connectivity index (χ0v) is 14.5. The Balaban J connectivity index is 1.70. The Kier molecular flexibility index (Phi) is 7.70. The number of hydrogen-bond donors (Lipinski definition) is 1. The van der Waals surface area contributed by atoms with Gasteiger partial charge in [0.15, 0.2) is 0 Å². The maximum Gasteiger partial charge on any atom is 0.303 e. The maximum atomic E-state index is 10.5. The average molecular weight is 320 g/mol. The molecule has 0 spiro atoms. The third-order valence-corrected chi connectivity index (χ3v) is 5.13. The molecule has 0 unspecified atom stereocenters. The van der Waals surface area contributed by atoms with Gasteiger partial charge in [-0.05, 0) is 50.5 Å². The number of fused-ring (bicyclic) bond motifs is 1. The van der Waals surface area contributed by atoms with Crippen LogP contribution in [0.15, 0.2) is 24.0 Å². The minimum Gasteiger partial charge on any atom is -0.495 e. The van der Waals surface area contributed by atoms with Crippen LogP contribution in [0.5, 0.6) is 0 Å². The molecule has 0 radical (unpaired) electrons. The van der Waals surface area contributed by atoms with Gasteiger partial charge in [0, 0.05) is 18.8 Å². The van der Waals surface area contributed by atoms with Crippen molar-refractivity contribution >= 4 is 5.97 Å². The second-order valence-corrected chi connectivity index (χ2v) is 7.00. The van der Waals surface area contributed by atoms with Crippen molar-refractivity contribution in [2.75, 3.05) is 0 Å². The number of carbonyl (C=O) groups is 1. The molecule has 1 aliphatic carbocycles. The van der Waals surface area contributed by atoms with Gasteiger partial charge >= 0.3 is 5.97 Å². The van der Waals surface area contributed by atoms with Gasteiger partial charge in [0.05, 0.1) is 5.76 Å². The maximum absolute atomic E-state index is 10.5. The number of ether oxygens (including phenoxy) is 1. The number of aliphatic carboxylic acids is 1. The molecular weight excluding hydrogens is 288 g/mol. The van der Waals surface area contributed by atoms with E-state index in [1.807, 2.05) is 0 Å². The van der Waals surface area contributed by atoms with Crippen LogP contribution >= 0.6 is 0 Å². The highest BCUT2D eigenvalue weighted by molar-refractivity contribution is 5.66. The zero-order chi connectivity index (χ0) is 16.5. The summed E-state index contributed by atoms with van der Waals surface area (Å²) >= 11 is 0. The SMILES string of the molecule is CCCCCC/C=C/[C@H]1CC[C@@H]2O/C(=C\CCCC(=O)O)C[C@@H]21. The molecule has 23 heavy (non-hydrogen) atoms. The lowest BCUT2D eigenvalue weighted by Gasteiger charge is -2.11. The number of carboxylic acid groups (broad SMARTS) is 1. The van der Waals surface area contributed by atoms with Crippen molar-refractivity contribution in [3.63, 3.8) is 0 Å². The van der Waals surface area contributed by atoms with Gasteiger partial charge in [0.2, 0.25) is 0 Å². The Morgan fingerprint density at radius 3 is 2.87 bits per heavy atom. The van der Waals surface area contributed by atoms with Crippen LogP contribution in [-0.4, -0.2) is 17.2 Å². The molecule has 0 aromatic heterocycles. The Labute approximate surface area is 140 Å². The van der Waals surface area contributed by atoms with Crippen molar-refractivity contribution in [1.82, 2.24) is 0 Å². The molecule has 2 rings (SSSR count). The summed E-state index contributed by atoms with van der Waals surface area (Å²) in [5, 5.41) is 8.66. The number of unbranched alkanes of at least 4 members (excludes halogenated alkanes) is 5. The third-order valence-electron chi connectivity index (χ3n) is 5.13. The van der Waals surface area contributed by atoms with E-state index in [1.54, 1.807) is 0 Å². The van der Waals surface area contributed by atoms with Gasteiger partial charge < -0.3 is 9.84 Å². The molecule has 0 bridgehead atoms. The molecule has 1 saturated heterocycles. The van der Waals surface area contributed by atoms with Gasteiger partial charge in [0.25, 0.3) is 0 Å². The summed E-state index contributed by atoms with van der Waals surface area (Å²) in [4.78, 5) is 10.5. The third kappa shape index (κ3) is 6.04. The van der Waals surface area contributed by atoms with Gasteiger partial charge in [-0.25, -0.2) is 0 Å². The molecule has 130 valence electrons. The van der Waals surface area contributed by atoms with E-state index in [2.05, 4.69) is 25.2 Å². The van der Waals surface area contributed by atoms with Crippen LogP contribution < -0.4 is 0 Å². The molecule has 1 heterocycles. The second kappa shape index (κ2) is 9.79. The van der Waals surface area contributed by atoms with E-state index >= 15 is 0 Å². The number of carboxylic acids is 1. The molecule has 3 nitrogen and oxygen atoms in total. The minimum absolute atomic E-state index is 0.250. The molecule has 0 aromatic rings. The van der Waals surface area contributed by atoms with Crippen molar-refractivity contribution in [3.05, 3.63) is 24.0 Å². The molecule has 1 aliphatic heterocycles. The van der Waals surface area contributed by atoms with Crippen molar-refractivity contribution in [2.24, 2.45) is 11.8 Å². The summed E-state index contributed by atoms with van der Waals surface area (Å²) in [5.41, 5.74) is 0. The minimum atomic E-state index is -0.711. The highest BCUT2D eigenvalue weighted by atomic mass is 16.5. The standard InChI is InChI=1S/C20H32O3/c1-2-3-4-5-6-7-10-16-13-14-19-18(16)15-17(23-19)11-8-9-12-20(21)22/h7,10-11,16,18-19H,2-6,8-9,12-15H2,1H3,(H,21,22)/b10-7+,17-11-/t16-,18+,19-/m0/s1. The normalized spacial score (nSPS) is 28.4. The lowest BCUT2D eigenvalue weighted by molar-refractivity contribution is -0.137. The molecule has 3 atom stereocenters. The van der Waals surface area contributed by atoms with E-state index in [4.69, 9.17) is 9.84 Å². The van der Waals surface area contributed by atoms with Crippen LogP contribution in [0.1, 0.15) is 77.6 Å². The van der Waals surface area contributed by atoms with Crippen LogP contribution in [0, 0.1) is 11.8 Å². The Bertz CT molecular complexity index is 425. The predicted octanol–water partition coefficient (Wildman–Crippen LogP) is 5.47. The Hall–Kier alpha value is -1.25. The summed E-state index contributed by atoms with van der Waals surface area (Å²) < 4.78 is 6.06. The van der Waals surface area contributed by atoms with Crippen molar-refractivity contribution in [3.8, 4) is 0 Å². The van der Waals surface area contributed by atoms with Gasteiger partial charge in [-0.1, -0.05) is 38.3 Å². The summed E-state index contributed by atoms with van der Waals surface area (Å²) in [6.07, 6.45) is 19.1. The quantitative estimate of drug-likeness (QED) is 0.429. The molecule has 2 fully saturated rings. The first-order chi connectivity index (χ1) is 11.2. The largest absolute Gasteiger partial charge is 0.495 e. The lowest BCUT2D eigenvalue weighted by Crippen LogP contribution is -2.11. The summed E-state index contributed by atoms with van der Waals surface area (Å²) in [7, 11) is 0. The van der Waals surface area contributed by atoms with E-state index in [0.29, 0.717) is 24.4 Å². The smallest absolute Gasteiger partial charge is 0.303 e. The summed E-state index contributed by atoms with van der Waals surface area (Å²) in [5.74, 6) is 1.71. The van der Waals surface area contributed by atoms with E-state index in [1.165, 1.54) is 44.9 Å². The predicted molar refractivity (Wildman–Crippen MR) is 93.2 cm³/mol. The average Bonchev–Trinajstić information content (AvgIpc) is 3.08. The molecule has 2 aliphatic rings. The Morgan fingerprint density at radius 1 is 1.22 bits per heavy atom. The van der Waals surface area contributed by atoms with Crippen LogP contribution in [0.25, 0.3) is 0 Å². The molecule has 0 aromatic carbocycles. The van der Waals surface area contributed by atoms with Crippen LogP contribution in [-0.2, 0) is 9.53 Å². The molecule has 1 N–H and O–H groups in total. The van der Waals surface area contributed by atoms with Gasteiger partial charge in [-0.2, -0.15) is 0 Å². The van der Waals surface area contributed by atoms with Crippen molar-refractivity contribution in [1.29, 1.82) is 0 Å². The first-order valence-corrected chi connectivity index (χ1v) is 9.45. The van der Waals surface area contributed by atoms with Gasteiger partial charge in [-0.3, -0.25) is 4.79 Å². The first kappa shape index (κ1) is 18.1. The summed E-state index contributed by atoms with van der Waals surface area (Å²) in [6, 6.07) is 0. The fourth-order valence-electron chi connectivity index (χ4n) is 3.81. The van der Waals surface area contributed by atoms with Crippen LogP contribution in [0.2, 0.25) is 0 Å². The van der Waals surface area contributed by atoms with Gasteiger partial charge in [0.1, 0.15) is 6.10 Å². The number of rotatable bonds is 10. The van der Waals surface area contributed by atoms with E-state index in [9.17, 15) is 4.79 Å². The Morgan fingerprint density at radius 2 is 2.09 bits per heavy atom. The van der Waals surface area contributed by atoms with E-state index in [-0.39, 0.29) is 6.42 Å². The second-order valence-electron chi connectivity index (χ2n) is 7.00. The zero-order valence-electron chi connectivity index (χ0n) is 14.5. The van der Waals surface area contributed by atoms with E-state index < -0.39 is 5.97 Å². The lowest BCUT2D eigenvalue weighted by atomic mass is 9.92. The fourth-order valence-corrected chi connectivity index (χ4v) is 3.81. The highest BCUT2D eigenvalue weighted by Gasteiger charge is 2.41. The van der Waals surface area contributed by atoms with Crippen LogP contribution in [0.4, 0.5) is 0 Å². The molecular formula is C20H32O3. The molecule has 0 amide bonds.